The summed E-state index contributed by atoms with van der Waals surface area (Å²) in [6, 6.07) is 26.0. The Kier molecular flexibility index (Phi) is 8.79. The lowest BCUT2D eigenvalue weighted by Crippen LogP contribution is -2.33. The fraction of sp³-hybridized carbons (Fsp3) is 0.289. The smallest absolute Gasteiger partial charge is 0.335 e. The molecule has 1 heterocycles. The highest BCUT2D eigenvalue weighted by atomic mass is 16.5. The Morgan fingerprint density at radius 2 is 1.57 bits per heavy atom. The van der Waals surface area contributed by atoms with Crippen molar-refractivity contribution in [3.63, 3.8) is 0 Å². The van der Waals surface area contributed by atoms with E-state index in [1.54, 1.807) is 36.2 Å². The minimum Gasteiger partial charge on any atom is -0.508 e. The number of carboxylic acids is 1. The topological polar surface area (TPSA) is 105 Å². The third-order valence-electron chi connectivity index (χ3n) is 9.01. The van der Waals surface area contributed by atoms with Gasteiger partial charge in [-0.05, 0) is 110 Å². The number of hydrogen-bond donors (Lipinski definition) is 2. The molecule has 1 aliphatic carbocycles. The van der Waals surface area contributed by atoms with Gasteiger partial charge in [0.25, 0.3) is 5.91 Å². The number of rotatable bonds is 9. The highest BCUT2D eigenvalue weighted by molar-refractivity contribution is 5.95. The second kappa shape index (κ2) is 13.1. The van der Waals surface area contributed by atoms with Crippen LogP contribution < -0.4 is 4.74 Å². The first-order chi connectivity index (χ1) is 22.2. The first kappa shape index (κ1) is 30.9. The van der Waals surface area contributed by atoms with E-state index in [2.05, 4.69) is 4.57 Å². The number of amides is 1. The molecular formula is C38H39N3O5. The molecule has 0 radical (unpaired) electrons. The Morgan fingerprint density at radius 1 is 0.891 bits per heavy atom. The summed E-state index contributed by atoms with van der Waals surface area (Å²) in [5, 5.41) is 19.4. The molecule has 1 aliphatic rings. The zero-order chi connectivity index (χ0) is 32.4. The van der Waals surface area contributed by atoms with Crippen LogP contribution in [0.5, 0.6) is 11.5 Å². The standard InChI is InChI=1S/C38H39N3O5/c1-24(2)40(3)37(43)27-13-19-33(25-9-15-31(42)16-10-25)29(21-27)23-46-32-17-11-26(12-18-32)36-39-34-22-28(38(44)45)14-20-35(34)41(36)30-7-5-4-6-8-30/h9-22,24,30,42H,4-8,23H2,1-3H3,(H,44,45). The maximum Gasteiger partial charge on any atom is 0.335 e. The second-order valence-corrected chi connectivity index (χ2v) is 12.3. The molecule has 0 atom stereocenters. The molecule has 1 fully saturated rings. The SMILES string of the molecule is CC(C)N(C)C(=O)c1ccc(-c2ccc(O)cc2)c(COc2ccc(-c3nc4cc(C(=O)O)ccc4n3C3CCCCC3)cc2)c1. The van der Waals surface area contributed by atoms with Gasteiger partial charge in [-0.2, -0.15) is 0 Å². The van der Waals surface area contributed by atoms with Crippen molar-refractivity contribution >= 4 is 22.9 Å². The number of aromatic carboxylic acids is 1. The number of phenols is 1. The lowest BCUT2D eigenvalue weighted by Gasteiger charge is -2.25. The molecule has 8 nitrogen and oxygen atoms in total. The number of carbonyl (C=O) groups is 2. The molecule has 8 heteroatoms. The number of nitrogens with zero attached hydrogens (tertiary/aromatic N) is 3. The molecule has 0 saturated heterocycles. The van der Waals surface area contributed by atoms with Crippen molar-refractivity contribution in [2.75, 3.05) is 7.05 Å². The van der Waals surface area contributed by atoms with Gasteiger partial charge in [0.15, 0.2) is 0 Å². The minimum atomic E-state index is -0.965. The van der Waals surface area contributed by atoms with E-state index in [-0.39, 0.29) is 29.9 Å². The lowest BCUT2D eigenvalue weighted by atomic mass is 9.95. The van der Waals surface area contributed by atoms with Crippen LogP contribution >= 0.6 is 0 Å². The summed E-state index contributed by atoms with van der Waals surface area (Å²) in [6.45, 7) is 4.20. The van der Waals surface area contributed by atoms with Gasteiger partial charge in [0.05, 0.1) is 16.6 Å². The molecule has 1 aromatic heterocycles. The van der Waals surface area contributed by atoms with Gasteiger partial charge in [0.2, 0.25) is 0 Å². The van der Waals surface area contributed by atoms with Gasteiger partial charge in [-0.3, -0.25) is 4.79 Å². The van der Waals surface area contributed by atoms with Crippen molar-refractivity contribution in [2.45, 2.75) is 64.6 Å². The first-order valence-electron chi connectivity index (χ1n) is 15.9. The maximum atomic E-state index is 13.2. The summed E-state index contributed by atoms with van der Waals surface area (Å²) in [6.07, 6.45) is 5.69. The predicted octanol–water partition coefficient (Wildman–Crippen LogP) is 8.34. The maximum absolute atomic E-state index is 13.2. The number of fused-ring (bicyclic) bond motifs is 1. The Balaban J connectivity index is 1.30. The van der Waals surface area contributed by atoms with Crippen LogP contribution in [-0.4, -0.2) is 49.6 Å². The van der Waals surface area contributed by atoms with Gasteiger partial charge < -0.3 is 24.4 Å². The number of ether oxygens (including phenoxy) is 1. The van der Waals surface area contributed by atoms with Crippen molar-refractivity contribution in [1.82, 2.24) is 14.5 Å². The Labute approximate surface area is 268 Å². The summed E-state index contributed by atoms with van der Waals surface area (Å²) in [7, 11) is 1.80. The van der Waals surface area contributed by atoms with Gasteiger partial charge in [-0.25, -0.2) is 9.78 Å². The largest absolute Gasteiger partial charge is 0.508 e. The van der Waals surface area contributed by atoms with E-state index >= 15 is 0 Å². The fourth-order valence-corrected chi connectivity index (χ4v) is 6.21. The monoisotopic (exact) mass is 617 g/mol. The van der Waals surface area contributed by atoms with Gasteiger partial charge >= 0.3 is 5.97 Å². The average Bonchev–Trinajstić information content (AvgIpc) is 3.46. The highest BCUT2D eigenvalue weighted by Gasteiger charge is 2.23. The molecule has 0 spiro atoms. The third-order valence-corrected chi connectivity index (χ3v) is 9.01. The molecule has 5 aromatic rings. The molecule has 0 aliphatic heterocycles. The Hall–Kier alpha value is -5.11. The summed E-state index contributed by atoms with van der Waals surface area (Å²) in [4.78, 5) is 31.5. The summed E-state index contributed by atoms with van der Waals surface area (Å²) in [5.74, 6) is 0.657. The number of hydrogen-bond acceptors (Lipinski definition) is 5. The van der Waals surface area contributed by atoms with Crippen LogP contribution in [0.4, 0.5) is 0 Å². The first-order valence-corrected chi connectivity index (χ1v) is 15.9. The van der Waals surface area contributed by atoms with Crippen molar-refractivity contribution in [3.8, 4) is 34.0 Å². The molecule has 236 valence electrons. The molecule has 46 heavy (non-hydrogen) atoms. The Morgan fingerprint density at radius 3 is 2.24 bits per heavy atom. The molecular weight excluding hydrogens is 578 g/mol. The molecule has 1 amide bonds. The molecule has 1 saturated carbocycles. The van der Waals surface area contributed by atoms with E-state index in [0.717, 1.165) is 59.3 Å². The highest BCUT2D eigenvalue weighted by Crippen LogP contribution is 2.37. The van der Waals surface area contributed by atoms with Gasteiger partial charge in [-0.15, -0.1) is 0 Å². The summed E-state index contributed by atoms with van der Waals surface area (Å²) < 4.78 is 8.58. The Bertz CT molecular complexity index is 1870. The van der Waals surface area contributed by atoms with Gasteiger partial charge in [-0.1, -0.05) is 37.5 Å². The predicted molar refractivity (Wildman–Crippen MR) is 179 cm³/mol. The van der Waals surface area contributed by atoms with Crippen LogP contribution in [0.25, 0.3) is 33.5 Å². The number of aromatic hydroxyl groups is 1. The van der Waals surface area contributed by atoms with E-state index < -0.39 is 5.97 Å². The number of aromatic nitrogens is 2. The van der Waals surface area contributed by atoms with Crippen molar-refractivity contribution in [3.05, 3.63) is 102 Å². The zero-order valence-electron chi connectivity index (χ0n) is 26.4. The molecule has 2 N–H and O–H groups in total. The zero-order valence-corrected chi connectivity index (χ0v) is 26.4. The third kappa shape index (κ3) is 6.33. The second-order valence-electron chi connectivity index (χ2n) is 12.3. The number of imidazole rings is 1. The summed E-state index contributed by atoms with van der Waals surface area (Å²) >= 11 is 0. The number of carboxylic acid groups (broad SMARTS) is 1. The molecule has 0 unspecified atom stereocenters. The van der Waals surface area contributed by atoms with E-state index in [1.165, 1.54) is 6.42 Å². The van der Waals surface area contributed by atoms with E-state index in [0.29, 0.717) is 22.9 Å². The number of benzene rings is 4. The van der Waals surface area contributed by atoms with Crippen LogP contribution in [0.3, 0.4) is 0 Å². The summed E-state index contributed by atoms with van der Waals surface area (Å²) in [5.41, 5.74) is 6.06. The van der Waals surface area contributed by atoms with Gasteiger partial charge in [0.1, 0.15) is 23.9 Å². The lowest BCUT2D eigenvalue weighted by molar-refractivity contribution is 0.0695. The van der Waals surface area contributed by atoms with E-state index in [9.17, 15) is 19.8 Å². The van der Waals surface area contributed by atoms with Crippen molar-refractivity contribution in [1.29, 1.82) is 0 Å². The van der Waals surface area contributed by atoms with Crippen molar-refractivity contribution < 1.29 is 24.5 Å². The quantitative estimate of drug-likeness (QED) is 0.172. The molecule has 4 aromatic carbocycles. The normalized spacial score (nSPS) is 13.7. The van der Waals surface area contributed by atoms with Gasteiger partial charge in [0, 0.05) is 30.3 Å². The average molecular weight is 618 g/mol. The van der Waals surface area contributed by atoms with Crippen molar-refractivity contribution in [2.24, 2.45) is 0 Å². The van der Waals surface area contributed by atoms with Crippen LogP contribution in [0.15, 0.2) is 84.9 Å². The van der Waals surface area contributed by atoms with E-state index in [4.69, 9.17) is 9.72 Å². The van der Waals surface area contributed by atoms with Crippen LogP contribution in [0.1, 0.15) is 78.3 Å². The minimum absolute atomic E-state index is 0.0609. The number of carbonyl (C=O) groups excluding carboxylic acids is 1. The van der Waals surface area contributed by atoms with Crippen LogP contribution in [0, 0.1) is 0 Å². The molecule has 6 rings (SSSR count). The van der Waals surface area contributed by atoms with Crippen LogP contribution in [0.2, 0.25) is 0 Å². The van der Waals surface area contributed by atoms with Crippen LogP contribution in [-0.2, 0) is 6.61 Å². The van der Waals surface area contributed by atoms with E-state index in [1.807, 2.05) is 74.5 Å². The number of phenolic OH excluding ortho intramolecular Hbond substituents is 1. The fourth-order valence-electron chi connectivity index (χ4n) is 6.21. The molecule has 0 bridgehead atoms.